The lowest BCUT2D eigenvalue weighted by molar-refractivity contribution is 0.590. The van der Waals surface area contributed by atoms with Crippen molar-refractivity contribution in [1.82, 2.24) is 0 Å². The summed E-state index contributed by atoms with van der Waals surface area (Å²) in [6.07, 6.45) is 0.764. The number of para-hydroxylation sites is 1. The van der Waals surface area contributed by atoms with Crippen LogP contribution in [-0.4, -0.2) is 15.0 Å². The van der Waals surface area contributed by atoms with Gasteiger partial charge in [0.05, 0.1) is 10.6 Å². The zero-order chi connectivity index (χ0) is 14.6. The summed E-state index contributed by atoms with van der Waals surface area (Å²) < 4.78 is 27.0. The van der Waals surface area contributed by atoms with E-state index in [2.05, 4.69) is 0 Å². The summed E-state index contributed by atoms with van der Waals surface area (Å²) in [5.74, 6) is 0. The van der Waals surface area contributed by atoms with Crippen molar-refractivity contribution in [3.63, 3.8) is 0 Å². The normalized spacial score (nSPS) is 11.3. The third-order valence-corrected chi connectivity index (χ3v) is 4.92. The lowest BCUT2D eigenvalue weighted by atomic mass is 10.2. The largest absolute Gasteiger partial charge is 0.266 e. The fraction of sp³-hybridized carbons (Fsp3) is 0.250. The Hall–Kier alpha value is -1.81. The molecule has 0 saturated heterocycles. The smallest absolute Gasteiger partial charge is 0.264 e. The highest BCUT2D eigenvalue weighted by atomic mass is 32.2. The maximum absolute atomic E-state index is 12.8. The van der Waals surface area contributed by atoms with Gasteiger partial charge < -0.3 is 0 Å². The highest BCUT2D eigenvalue weighted by Gasteiger charge is 2.23. The van der Waals surface area contributed by atoms with Gasteiger partial charge in [0, 0.05) is 6.54 Å². The minimum atomic E-state index is -3.50. The van der Waals surface area contributed by atoms with Crippen LogP contribution in [0.25, 0.3) is 0 Å². The third kappa shape index (κ3) is 3.02. The van der Waals surface area contributed by atoms with Gasteiger partial charge in [-0.3, -0.25) is 4.31 Å². The number of rotatable bonds is 5. The van der Waals surface area contributed by atoms with Gasteiger partial charge in [-0.05, 0) is 37.6 Å². The summed E-state index contributed by atoms with van der Waals surface area (Å²) in [6.45, 7) is 4.39. The molecule has 0 fully saturated rings. The quantitative estimate of drug-likeness (QED) is 0.843. The Kier molecular flexibility index (Phi) is 4.45. The molecule has 0 aliphatic carbocycles. The van der Waals surface area contributed by atoms with Crippen LogP contribution in [0.3, 0.4) is 0 Å². The Morgan fingerprint density at radius 1 is 0.950 bits per heavy atom. The van der Waals surface area contributed by atoms with E-state index in [-0.39, 0.29) is 0 Å². The van der Waals surface area contributed by atoms with Crippen molar-refractivity contribution in [3.05, 3.63) is 60.2 Å². The minimum absolute atomic E-state index is 0.334. The van der Waals surface area contributed by atoms with Crippen LogP contribution < -0.4 is 4.31 Å². The van der Waals surface area contributed by atoms with Crippen LogP contribution >= 0.6 is 0 Å². The van der Waals surface area contributed by atoms with E-state index < -0.39 is 10.0 Å². The van der Waals surface area contributed by atoms with Crippen LogP contribution in [-0.2, 0) is 10.0 Å². The van der Waals surface area contributed by atoms with E-state index in [1.54, 1.807) is 12.1 Å². The van der Waals surface area contributed by atoms with Crippen LogP contribution in [0.4, 0.5) is 5.69 Å². The van der Waals surface area contributed by atoms with E-state index >= 15 is 0 Å². The van der Waals surface area contributed by atoms with E-state index in [0.29, 0.717) is 17.1 Å². The molecule has 0 bridgehead atoms. The molecule has 0 aliphatic rings. The van der Waals surface area contributed by atoms with Crippen LogP contribution in [0.15, 0.2) is 59.5 Å². The first-order chi connectivity index (χ1) is 9.55. The van der Waals surface area contributed by atoms with Crippen molar-refractivity contribution in [2.45, 2.75) is 25.2 Å². The number of anilines is 1. The van der Waals surface area contributed by atoms with Gasteiger partial charge in [-0.15, -0.1) is 0 Å². The fourth-order valence-electron chi connectivity index (χ4n) is 2.02. The summed E-state index contributed by atoms with van der Waals surface area (Å²) in [6, 6.07) is 16.2. The van der Waals surface area contributed by atoms with Gasteiger partial charge in [-0.2, -0.15) is 0 Å². The molecule has 3 nitrogen and oxygen atoms in total. The van der Waals surface area contributed by atoms with Crippen molar-refractivity contribution >= 4 is 15.7 Å². The lowest BCUT2D eigenvalue weighted by Crippen LogP contribution is -2.31. The van der Waals surface area contributed by atoms with Crippen LogP contribution in [0.2, 0.25) is 0 Å². The number of sulfonamides is 1. The molecular formula is C16H19NO2S. The van der Waals surface area contributed by atoms with E-state index in [0.717, 1.165) is 12.0 Å². The maximum Gasteiger partial charge on any atom is 0.264 e. The molecule has 0 saturated carbocycles. The van der Waals surface area contributed by atoms with Gasteiger partial charge in [0.15, 0.2) is 0 Å². The maximum atomic E-state index is 12.8. The molecule has 0 atom stereocenters. The molecule has 20 heavy (non-hydrogen) atoms. The van der Waals surface area contributed by atoms with E-state index in [4.69, 9.17) is 0 Å². The zero-order valence-electron chi connectivity index (χ0n) is 11.8. The summed E-state index contributed by atoms with van der Waals surface area (Å²) in [5, 5.41) is 0. The molecule has 2 aromatic rings. The molecule has 2 rings (SSSR count). The molecule has 4 heteroatoms. The summed E-state index contributed by atoms with van der Waals surface area (Å²) in [4.78, 5) is 0.334. The van der Waals surface area contributed by atoms with Gasteiger partial charge in [0.2, 0.25) is 0 Å². The molecule has 2 aromatic carbocycles. The molecular weight excluding hydrogens is 270 g/mol. The topological polar surface area (TPSA) is 37.4 Å². The van der Waals surface area contributed by atoms with Crippen molar-refractivity contribution in [2.24, 2.45) is 0 Å². The molecule has 0 aromatic heterocycles. The second-order valence-electron chi connectivity index (χ2n) is 4.73. The molecule has 0 radical (unpaired) electrons. The standard InChI is InChI=1S/C16H19NO2S/c1-3-13-17(15-7-5-4-6-8-15)20(18,19)16-11-9-14(2)10-12-16/h4-12H,3,13H2,1-2H3. The molecule has 0 N–H and O–H groups in total. The van der Waals surface area contributed by atoms with Gasteiger partial charge in [0.1, 0.15) is 0 Å². The molecule has 0 aliphatic heterocycles. The highest BCUT2D eigenvalue weighted by Crippen LogP contribution is 2.23. The van der Waals surface area contributed by atoms with Gasteiger partial charge in [-0.25, -0.2) is 8.42 Å². The van der Waals surface area contributed by atoms with E-state index in [1.165, 1.54) is 4.31 Å². The Balaban J connectivity index is 2.45. The van der Waals surface area contributed by atoms with Crippen LogP contribution in [0.1, 0.15) is 18.9 Å². The number of hydrogen-bond donors (Lipinski definition) is 0. The Morgan fingerprint density at radius 2 is 1.55 bits per heavy atom. The van der Waals surface area contributed by atoms with Crippen molar-refractivity contribution in [3.8, 4) is 0 Å². The predicted octanol–water partition coefficient (Wildman–Crippen LogP) is 3.60. The number of hydrogen-bond acceptors (Lipinski definition) is 2. The highest BCUT2D eigenvalue weighted by molar-refractivity contribution is 7.92. The van der Waals surface area contributed by atoms with Gasteiger partial charge in [-0.1, -0.05) is 42.8 Å². The minimum Gasteiger partial charge on any atom is -0.266 e. The van der Waals surface area contributed by atoms with Crippen molar-refractivity contribution < 1.29 is 8.42 Å². The number of benzene rings is 2. The zero-order valence-corrected chi connectivity index (χ0v) is 12.6. The molecule has 106 valence electrons. The van der Waals surface area contributed by atoms with Gasteiger partial charge >= 0.3 is 0 Å². The average molecular weight is 289 g/mol. The second kappa shape index (κ2) is 6.09. The first kappa shape index (κ1) is 14.6. The second-order valence-corrected chi connectivity index (χ2v) is 6.59. The first-order valence-corrected chi connectivity index (χ1v) is 8.14. The number of aryl methyl sites for hydroxylation is 1. The Labute approximate surface area is 120 Å². The molecule has 0 spiro atoms. The number of nitrogens with zero attached hydrogens (tertiary/aromatic N) is 1. The summed E-state index contributed by atoms with van der Waals surface area (Å²) >= 11 is 0. The Morgan fingerprint density at radius 3 is 2.10 bits per heavy atom. The van der Waals surface area contributed by atoms with E-state index in [9.17, 15) is 8.42 Å². The van der Waals surface area contributed by atoms with Gasteiger partial charge in [0.25, 0.3) is 10.0 Å². The van der Waals surface area contributed by atoms with Crippen molar-refractivity contribution in [1.29, 1.82) is 0 Å². The fourth-order valence-corrected chi connectivity index (χ4v) is 3.58. The van der Waals surface area contributed by atoms with Crippen LogP contribution in [0.5, 0.6) is 0 Å². The van der Waals surface area contributed by atoms with Crippen LogP contribution in [0, 0.1) is 6.92 Å². The lowest BCUT2D eigenvalue weighted by Gasteiger charge is -2.24. The SMILES string of the molecule is CCCN(c1ccccc1)S(=O)(=O)c1ccc(C)cc1. The monoisotopic (exact) mass is 289 g/mol. The third-order valence-electron chi connectivity index (χ3n) is 3.08. The van der Waals surface area contributed by atoms with Crippen molar-refractivity contribution in [2.75, 3.05) is 10.8 Å². The Bertz CT molecular complexity index is 649. The summed E-state index contributed by atoms with van der Waals surface area (Å²) in [5.41, 5.74) is 1.75. The molecule has 0 amide bonds. The molecule has 0 heterocycles. The first-order valence-electron chi connectivity index (χ1n) is 6.70. The van der Waals surface area contributed by atoms with E-state index in [1.807, 2.05) is 56.3 Å². The summed E-state index contributed by atoms with van der Waals surface area (Å²) in [7, 11) is -3.50. The predicted molar refractivity (Wildman–Crippen MR) is 82.4 cm³/mol. The average Bonchev–Trinajstić information content (AvgIpc) is 2.46. The molecule has 0 unspecified atom stereocenters.